The van der Waals surface area contributed by atoms with E-state index in [1.54, 1.807) is 6.07 Å². The Kier molecular flexibility index (Phi) is 7.18. The molecule has 2 rings (SSSR count). The molecule has 1 atom stereocenters. The Hall–Kier alpha value is -1.26. The summed E-state index contributed by atoms with van der Waals surface area (Å²) in [5.41, 5.74) is 2.12. The van der Waals surface area contributed by atoms with Crippen LogP contribution in [0.3, 0.4) is 0 Å². The minimum absolute atomic E-state index is 0.139. The fraction of sp³-hybridized carbons (Fsp3) is 0.333. The highest BCUT2D eigenvalue weighted by atomic mass is 35.5. The van der Waals surface area contributed by atoms with E-state index < -0.39 is 0 Å². The van der Waals surface area contributed by atoms with Crippen molar-refractivity contribution < 1.29 is 9.84 Å². The Morgan fingerprint density at radius 3 is 2.35 bits per heavy atom. The highest BCUT2D eigenvalue weighted by Gasteiger charge is 2.04. The van der Waals surface area contributed by atoms with Crippen LogP contribution >= 0.6 is 23.2 Å². The van der Waals surface area contributed by atoms with Gasteiger partial charge in [0.15, 0.2) is 0 Å². The summed E-state index contributed by atoms with van der Waals surface area (Å²) < 4.78 is 5.75. The summed E-state index contributed by atoms with van der Waals surface area (Å²) in [6, 6.07) is 13.5. The monoisotopic (exact) mass is 353 g/mol. The number of benzene rings is 2. The predicted molar refractivity (Wildman–Crippen MR) is 95.2 cm³/mol. The van der Waals surface area contributed by atoms with Gasteiger partial charge in [-0.25, -0.2) is 0 Å². The fourth-order valence-corrected chi connectivity index (χ4v) is 2.42. The second-order valence-electron chi connectivity index (χ2n) is 5.35. The van der Waals surface area contributed by atoms with Crippen molar-refractivity contribution in [2.75, 3.05) is 6.61 Å². The third-order valence-corrected chi connectivity index (χ3v) is 4.36. The molecule has 3 nitrogen and oxygen atoms in total. The molecule has 23 heavy (non-hydrogen) atoms. The number of aliphatic hydroxyl groups excluding tert-OH is 1. The maximum Gasteiger partial charge on any atom is 0.119 e. The Labute approximate surface area is 147 Å². The summed E-state index contributed by atoms with van der Waals surface area (Å²) in [6.07, 6.45) is 0.904. The van der Waals surface area contributed by atoms with E-state index in [0.717, 1.165) is 29.8 Å². The number of ether oxygens (including phenoxy) is 1. The Morgan fingerprint density at radius 1 is 1.04 bits per heavy atom. The maximum absolute atomic E-state index is 9.16. The molecule has 0 aliphatic heterocycles. The maximum atomic E-state index is 9.16. The first kappa shape index (κ1) is 18.1. The van der Waals surface area contributed by atoms with Crippen molar-refractivity contribution in [3.8, 4) is 5.75 Å². The number of rotatable bonds is 8. The van der Waals surface area contributed by atoms with Gasteiger partial charge in [0.25, 0.3) is 0 Å². The van der Waals surface area contributed by atoms with E-state index in [9.17, 15) is 0 Å². The smallest absolute Gasteiger partial charge is 0.119 e. The predicted octanol–water partition coefficient (Wildman–Crippen LogP) is 4.43. The van der Waals surface area contributed by atoms with Crippen molar-refractivity contribution in [2.45, 2.75) is 32.5 Å². The standard InChI is InChI=1S/C18H21Cl2NO2/c1-2-15(11-22)21-10-13-3-6-16(7-4-13)23-12-14-5-8-17(19)18(20)9-14/h3-9,15,21-22H,2,10-12H2,1H3. The molecule has 0 heterocycles. The van der Waals surface area contributed by atoms with Crippen LogP contribution in [0.1, 0.15) is 24.5 Å². The molecule has 0 aliphatic rings. The van der Waals surface area contributed by atoms with Gasteiger partial charge in [0.05, 0.1) is 16.7 Å². The second-order valence-corrected chi connectivity index (χ2v) is 6.16. The van der Waals surface area contributed by atoms with Crippen molar-refractivity contribution in [3.63, 3.8) is 0 Å². The van der Waals surface area contributed by atoms with Crippen LogP contribution < -0.4 is 10.1 Å². The molecule has 0 saturated carbocycles. The molecule has 0 aromatic heterocycles. The highest BCUT2D eigenvalue weighted by molar-refractivity contribution is 6.42. The van der Waals surface area contributed by atoms with E-state index in [-0.39, 0.29) is 12.6 Å². The fourth-order valence-electron chi connectivity index (χ4n) is 2.10. The van der Waals surface area contributed by atoms with Crippen LogP contribution in [-0.4, -0.2) is 17.8 Å². The molecule has 0 bridgehead atoms. The molecule has 0 amide bonds. The van der Waals surface area contributed by atoms with Crippen molar-refractivity contribution in [2.24, 2.45) is 0 Å². The van der Waals surface area contributed by atoms with Crippen molar-refractivity contribution in [3.05, 3.63) is 63.6 Å². The van der Waals surface area contributed by atoms with Crippen LogP contribution in [0.2, 0.25) is 10.0 Å². The average Bonchev–Trinajstić information content (AvgIpc) is 2.58. The van der Waals surface area contributed by atoms with E-state index in [1.807, 2.05) is 43.3 Å². The molecule has 124 valence electrons. The quantitative estimate of drug-likeness (QED) is 0.737. The molecule has 5 heteroatoms. The minimum Gasteiger partial charge on any atom is -0.489 e. The third kappa shape index (κ3) is 5.70. The molecular formula is C18H21Cl2NO2. The molecule has 2 aromatic rings. The van der Waals surface area contributed by atoms with Crippen LogP contribution in [0.5, 0.6) is 5.75 Å². The summed E-state index contributed by atoms with van der Waals surface area (Å²) in [4.78, 5) is 0. The van der Waals surface area contributed by atoms with Gasteiger partial charge in [-0.15, -0.1) is 0 Å². The Morgan fingerprint density at radius 2 is 1.74 bits per heavy atom. The van der Waals surface area contributed by atoms with E-state index >= 15 is 0 Å². The second kappa shape index (κ2) is 9.14. The summed E-state index contributed by atoms with van der Waals surface area (Å²) in [5, 5.41) is 13.5. The van der Waals surface area contributed by atoms with Gasteiger partial charge in [0.2, 0.25) is 0 Å². The molecule has 0 radical (unpaired) electrons. The third-order valence-electron chi connectivity index (χ3n) is 3.62. The number of aliphatic hydroxyl groups is 1. The van der Waals surface area contributed by atoms with Gasteiger partial charge in [-0.05, 0) is 41.8 Å². The molecule has 0 saturated heterocycles. The van der Waals surface area contributed by atoms with Gasteiger partial charge < -0.3 is 15.2 Å². The molecule has 2 N–H and O–H groups in total. The molecule has 0 aliphatic carbocycles. The summed E-state index contributed by atoms with van der Waals surface area (Å²) in [5.74, 6) is 0.800. The lowest BCUT2D eigenvalue weighted by Crippen LogP contribution is -2.31. The number of hydrogen-bond donors (Lipinski definition) is 2. The highest BCUT2D eigenvalue weighted by Crippen LogP contribution is 2.23. The molecule has 1 unspecified atom stereocenters. The lowest BCUT2D eigenvalue weighted by molar-refractivity contribution is 0.238. The van der Waals surface area contributed by atoms with Crippen LogP contribution in [0.25, 0.3) is 0 Å². The van der Waals surface area contributed by atoms with Gasteiger partial charge in [0.1, 0.15) is 12.4 Å². The van der Waals surface area contributed by atoms with Crippen molar-refractivity contribution in [1.29, 1.82) is 0 Å². The van der Waals surface area contributed by atoms with Crippen molar-refractivity contribution in [1.82, 2.24) is 5.32 Å². The van der Waals surface area contributed by atoms with E-state index in [0.29, 0.717) is 16.7 Å². The largest absolute Gasteiger partial charge is 0.489 e. The van der Waals surface area contributed by atoms with E-state index in [2.05, 4.69) is 5.32 Å². The molecule has 2 aromatic carbocycles. The Bertz CT molecular complexity index is 613. The molecular weight excluding hydrogens is 333 g/mol. The van der Waals surface area contributed by atoms with Crippen LogP contribution in [0, 0.1) is 0 Å². The minimum atomic E-state index is 0.139. The summed E-state index contributed by atoms with van der Waals surface area (Å²) in [6.45, 7) is 3.37. The topological polar surface area (TPSA) is 41.5 Å². The number of nitrogens with one attached hydrogen (secondary N) is 1. The zero-order valence-electron chi connectivity index (χ0n) is 13.1. The van der Waals surface area contributed by atoms with Gasteiger partial charge in [0, 0.05) is 12.6 Å². The van der Waals surface area contributed by atoms with Gasteiger partial charge in [-0.3, -0.25) is 0 Å². The van der Waals surface area contributed by atoms with Crippen LogP contribution in [0.4, 0.5) is 0 Å². The van der Waals surface area contributed by atoms with Gasteiger partial charge >= 0.3 is 0 Å². The molecule has 0 fully saturated rings. The van der Waals surface area contributed by atoms with E-state index in [4.69, 9.17) is 33.0 Å². The zero-order chi connectivity index (χ0) is 16.7. The van der Waals surface area contributed by atoms with Crippen LogP contribution in [0.15, 0.2) is 42.5 Å². The lowest BCUT2D eigenvalue weighted by atomic mass is 10.2. The first-order valence-electron chi connectivity index (χ1n) is 7.62. The van der Waals surface area contributed by atoms with Crippen LogP contribution in [-0.2, 0) is 13.2 Å². The van der Waals surface area contributed by atoms with E-state index in [1.165, 1.54) is 0 Å². The summed E-state index contributed by atoms with van der Waals surface area (Å²) in [7, 11) is 0. The first-order chi connectivity index (χ1) is 11.1. The Balaban J connectivity index is 1.86. The normalized spacial score (nSPS) is 12.2. The van der Waals surface area contributed by atoms with Gasteiger partial charge in [-0.1, -0.05) is 48.3 Å². The average molecular weight is 354 g/mol. The molecule has 0 spiro atoms. The SMILES string of the molecule is CCC(CO)NCc1ccc(OCc2ccc(Cl)c(Cl)c2)cc1. The van der Waals surface area contributed by atoms with Crippen molar-refractivity contribution >= 4 is 23.2 Å². The van der Waals surface area contributed by atoms with Gasteiger partial charge in [-0.2, -0.15) is 0 Å². The number of hydrogen-bond acceptors (Lipinski definition) is 3. The first-order valence-corrected chi connectivity index (χ1v) is 8.38. The number of halogens is 2. The lowest BCUT2D eigenvalue weighted by Gasteiger charge is -2.14. The summed E-state index contributed by atoms with van der Waals surface area (Å²) >= 11 is 11.9. The zero-order valence-corrected chi connectivity index (χ0v) is 14.6.